The minimum Gasteiger partial charge on any atom is -0.378 e. The van der Waals surface area contributed by atoms with Crippen LogP contribution < -0.4 is 0 Å². The van der Waals surface area contributed by atoms with E-state index in [0.717, 1.165) is 12.5 Å². The smallest absolute Gasteiger partial charge is 0.163 e. The Morgan fingerprint density at radius 2 is 2.08 bits per heavy atom. The molecule has 1 aliphatic carbocycles. The standard InChI is InChI=1S/C10H18O3/c1-10(2)12-7-9(13-10)6-11-5-8-3-4-8/h8-9H,3-7H2,1-2H3. The maximum Gasteiger partial charge on any atom is 0.163 e. The largest absolute Gasteiger partial charge is 0.378 e. The van der Waals surface area contributed by atoms with Gasteiger partial charge in [-0.2, -0.15) is 0 Å². The zero-order valence-corrected chi connectivity index (χ0v) is 8.41. The van der Waals surface area contributed by atoms with Gasteiger partial charge >= 0.3 is 0 Å². The van der Waals surface area contributed by atoms with Gasteiger partial charge in [-0.05, 0) is 32.6 Å². The van der Waals surface area contributed by atoms with E-state index in [4.69, 9.17) is 14.2 Å². The molecule has 0 aromatic rings. The lowest BCUT2D eigenvalue weighted by molar-refractivity contribution is -0.145. The second-order valence-electron chi connectivity index (χ2n) is 4.43. The number of hydrogen-bond donors (Lipinski definition) is 0. The molecule has 0 N–H and O–H groups in total. The molecule has 13 heavy (non-hydrogen) atoms. The van der Waals surface area contributed by atoms with E-state index in [2.05, 4.69) is 0 Å². The van der Waals surface area contributed by atoms with Crippen LogP contribution in [0.3, 0.4) is 0 Å². The van der Waals surface area contributed by atoms with Gasteiger partial charge in [0.1, 0.15) is 6.10 Å². The molecule has 76 valence electrons. The molecule has 1 atom stereocenters. The predicted octanol–water partition coefficient (Wildman–Crippen LogP) is 1.56. The zero-order valence-electron chi connectivity index (χ0n) is 8.41. The first-order valence-corrected chi connectivity index (χ1v) is 5.05. The van der Waals surface area contributed by atoms with Crippen LogP contribution in [0.15, 0.2) is 0 Å². The fourth-order valence-electron chi connectivity index (χ4n) is 1.50. The van der Waals surface area contributed by atoms with E-state index in [0.29, 0.717) is 13.2 Å². The van der Waals surface area contributed by atoms with E-state index in [1.165, 1.54) is 12.8 Å². The fourth-order valence-corrected chi connectivity index (χ4v) is 1.50. The summed E-state index contributed by atoms with van der Waals surface area (Å²) in [6, 6.07) is 0. The highest BCUT2D eigenvalue weighted by Gasteiger charge is 2.33. The van der Waals surface area contributed by atoms with Gasteiger partial charge < -0.3 is 14.2 Å². The van der Waals surface area contributed by atoms with Crippen molar-refractivity contribution in [2.45, 2.75) is 38.6 Å². The highest BCUT2D eigenvalue weighted by atomic mass is 16.7. The first-order chi connectivity index (χ1) is 6.16. The Morgan fingerprint density at radius 3 is 2.62 bits per heavy atom. The van der Waals surface area contributed by atoms with Crippen LogP contribution in [-0.4, -0.2) is 31.7 Å². The van der Waals surface area contributed by atoms with Gasteiger partial charge in [0.2, 0.25) is 0 Å². The van der Waals surface area contributed by atoms with Crippen LogP contribution in [0.5, 0.6) is 0 Å². The predicted molar refractivity (Wildman–Crippen MR) is 48.4 cm³/mol. The van der Waals surface area contributed by atoms with Gasteiger partial charge in [0.05, 0.1) is 13.2 Å². The molecule has 1 saturated heterocycles. The average Bonchev–Trinajstić information content (AvgIpc) is 2.78. The van der Waals surface area contributed by atoms with Crippen molar-refractivity contribution < 1.29 is 14.2 Å². The van der Waals surface area contributed by atoms with Crippen molar-refractivity contribution in [2.24, 2.45) is 5.92 Å². The molecule has 3 heteroatoms. The molecular formula is C10H18O3. The Morgan fingerprint density at radius 1 is 1.31 bits per heavy atom. The molecule has 2 rings (SSSR count). The lowest BCUT2D eigenvalue weighted by Gasteiger charge is -2.16. The molecule has 2 aliphatic rings. The SMILES string of the molecule is CC1(C)OCC(COCC2CC2)O1. The van der Waals surface area contributed by atoms with Gasteiger partial charge in [-0.1, -0.05) is 0 Å². The van der Waals surface area contributed by atoms with Crippen molar-refractivity contribution >= 4 is 0 Å². The van der Waals surface area contributed by atoms with Crippen LogP contribution in [-0.2, 0) is 14.2 Å². The quantitative estimate of drug-likeness (QED) is 0.667. The van der Waals surface area contributed by atoms with E-state index in [-0.39, 0.29) is 6.10 Å². The molecule has 0 spiro atoms. The van der Waals surface area contributed by atoms with Crippen molar-refractivity contribution in [2.75, 3.05) is 19.8 Å². The maximum absolute atomic E-state index is 5.60. The topological polar surface area (TPSA) is 27.7 Å². The van der Waals surface area contributed by atoms with Crippen LogP contribution in [0.4, 0.5) is 0 Å². The third-order valence-corrected chi connectivity index (χ3v) is 2.42. The van der Waals surface area contributed by atoms with Crippen molar-refractivity contribution in [3.8, 4) is 0 Å². The second-order valence-corrected chi connectivity index (χ2v) is 4.43. The van der Waals surface area contributed by atoms with Crippen LogP contribution in [0.2, 0.25) is 0 Å². The maximum atomic E-state index is 5.60. The Labute approximate surface area is 79.4 Å². The van der Waals surface area contributed by atoms with E-state index < -0.39 is 5.79 Å². The Bertz CT molecular complexity index is 175. The molecule has 0 amide bonds. The third kappa shape index (κ3) is 2.93. The van der Waals surface area contributed by atoms with Crippen LogP contribution in [0.1, 0.15) is 26.7 Å². The van der Waals surface area contributed by atoms with Gasteiger partial charge in [0.15, 0.2) is 5.79 Å². The van der Waals surface area contributed by atoms with Crippen LogP contribution >= 0.6 is 0 Å². The summed E-state index contributed by atoms with van der Waals surface area (Å²) in [5.74, 6) is 0.420. The summed E-state index contributed by atoms with van der Waals surface area (Å²) in [5, 5.41) is 0. The molecule has 0 bridgehead atoms. The fraction of sp³-hybridized carbons (Fsp3) is 1.00. The van der Waals surface area contributed by atoms with Gasteiger partial charge in [-0.25, -0.2) is 0 Å². The average molecular weight is 186 g/mol. The Kier molecular flexibility index (Phi) is 2.58. The van der Waals surface area contributed by atoms with Gasteiger partial charge in [0, 0.05) is 6.61 Å². The lowest BCUT2D eigenvalue weighted by Crippen LogP contribution is -2.24. The molecule has 1 heterocycles. The molecule has 1 aliphatic heterocycles. The van der Waals surface area contributed by atoms with E-state index in [1.807, 2.05) is 13.8 Å². The molecule has 0 aromatic carbocycles. The number of rotatable bonds is 4. The summed E-state index contributed by atoms with van der Waals surface area (Å²) in [5.41, 5.74) is 0. The van der Waals surface area contributed by atoms with Crippen molar-refractivity contribution in [1.29, 1.82) is 0 Å². The minimum atomic E-state index is -0.409. The van der Waals surface area contributed by atoms with Crippen LogP contribution in [0, 0.1) is 5.92 Å². The summed E-state index contributed by atoms with van der Waals surface area (Å²) < 4.78 is 16.6. The van der Waals surface area contributed by atoms with Crippen molar-refractivity contribution in [1.82, 2.24) is 0 Å². The summed E-state index contributed by atoms with van der Waals surface area (Å²) in [6.45, 7) is 6.12. The first kappa shape index (κ1) is 9.44. The Hall–Kier alpha value is -0.120. The molecule has 1 unspecified atom stereocenters. The van der Waals surface area contributed by atoms with Gasteiger partial charge in [-0.15, -0.1) is 0 Å². The van der Waals surface area contributed by atoms with E-state index in [9.17, 15) is 0 Å². The minimum absolute atomic E-state index is 0.133. The molecule has 0 aromatic heterocycles. The number of ether oxygens (including phenoxy) is 3. The Balaban J connectivity index is 1.59. The van der Waals surface area contributed by atoms with E-state index >= 15 is 0 Å². The van der Waals surface area contributed by atoms with Crippen molar-refractivity contribution in [3.05, 3.63) is 0 Å². The van der Waals surface area contributed by atoms with Gasteiger partial charge in [0.25, 0.3) is 0 Å². The molecule has 1 saturated carbocycles. The molecule has 3 nitrogen and oxygen atoms in total. The summed E-state index contributed by atoms with van der Waals surface area (Å²) >= 11 is 0. The van der Waals surface area contributed by atoms with E-state index in [1.54, 1.807) is 0 Å². The third-order valence-electron chi connectivity index (χ3n) is 2.42. The lowest BCUT2D eigenvalue weighted by atomic mass is 10.4. The highest BCUT2D eigenvalue weighted by Crippen LogP contribution is 2.29. The van der Waals surface area contributed by atoms with Crippen molar-refractivity contribution in [3.63, 3.8) is 0 Å². The molecule has 2 fully saturated rings. The number of hydrogen-bond acceptors (Lipinski definition) is 3. The normalized spacial score (nSPS) is 32.3. The zero-order chi connectivity index (χ0) is 9.31. The second kappa shape index (κ2) is 3.56. The van der Waals surface area contributed by atoms with Gasteiger partial charge in [-0.3, -0.25) is 0 Å². The highest BCUT2D eigenvalue weighted by molar-refractivity contribution is 4.74. The molecular weight excluding hydrogens is 168 g/mol. The first-order valence-electron chi connectivity index (χ1n) is 5.05. The summed E-state index contributed by atoms with van der Waals surface area (Å²) in [4.78, 5) is 0. The molecule has 0 radical (unpaired) electrons. The summed E-state index contributed by atoms with van der Waals surface area (Å²) in [6.07, 6.45) is 2.81. The van der Waals surface area contributed by atoms with Crippen LogP contribution in [0.25, 0.3) is 0 Å². The summed E-state index contributed by atoms with van der Waals surface area (Å²) in [7, 11) is 0. The monoisotopic (exact) mass is 186 g/mol.